The highest BCUT2D eigenvalue weighted by atomic mass is 15.2. The van der Waals surface area contributed by atoms with Crippen LogP contribution in [0.5, 0.6) is 0 Å². The number of aromatic nitrogens is 2. The van der Waals surface area contributed by atoms with E-state index in [0.717, 1.165) is 30.7 Å². The Morgan fingerprint density at radius 1 is 1.35 bits per heavy atom. The Bertz CT molecular complexity index is 343. The average molecular weight is 234 g/mol. The minimum absolute atomic E-state index is 0.494. The molecule has 94 valence electrons. The van der Waals surface area contributed by atoms with Crippen LogP contribution in [0.2, 0.25) is 0 Å². The van der Waals surface area contributed by atoms with E-state index < -0.39 is 0 Å². The molecule has 0 spiro atoms. The van der Waals surface area contributed by atoms with Crippen molar-refractivity contribution in [1.29, 1.82) is 0 Å². The largest absolute Gasteiger partial charge is 0.382 e. The molecule has 0 unspecified atom stereocenters. The van der Waals surface area contributed by atoms with Crippen molar-refractivity contribution in [3.05, 3.63) is 18.1 Å². The smallest absolute Gasteiger partial charge is 0.141 e. The highest BCUT2D eigenvalue weighted by Crippen LogP contribution is 2.28. The summed E-state index contributed by atoms with van der Waals surface area (Å²) in [5.74, 6) is 1.25. The Morgan fingerprint density at radius 3 is 2.65 bits per heavy atom. The maximum absolute atomic E-state index is 5.54. The molecule has 1 aliphatic rings. The molecule has 0 amide bonds. The molecule has 0 atom stereocenters. The molecule has 1 aliphatic carbocycles. The number of nitrogen functional groups attached to an aromatic ring is 1. The quantitative estimate of drug-likeness (QED) is 0.818. The third-order valence-corrected chi connectivity index (χ3v) is 3.15. The van der Waals surface area contributed by atoms with Crippen LogP contribution in [0.25, 0.3) is 0 Å². The summed E-state index contributed by atoms with van der Waals surface area (Å²) in [7, 11) is 0. The third kappa shape index (κ3) is 3.97. The highest BCUT2D eigenvalue weighted by molar-refractivity contribution is 5.22. The maximum atomic E-state index is 5.54. The maximum Gasteiger partial charge on any atom is 0.141 e. The van der Waals surface area contributed by atoms with Gasteiger partial charge in [0.2, 0.25) is 0 Å². The fourth-order valence-corrected chi connectivity index (χ4v) is 1.91. The lowest BCUT2D eigenvalue weighted by molar-refractivity contribution is 0.236. The first-order valence-electron chi connectivity index (χ1n) is 6.45. The number of hydrogen-bond donors (Lipinski definition) is 1. The molecule has 0 aliphatic heterocycles. The van der Waals surface area contributed by atoms with Crippen molar-refractivity contribution in [2.45, 2.75) is 45.7 Å². The van der Waals surface area contributed by atoms with Gasteiger partial charge in [0.15, 0.2) is 0 Å². The summed E-state index contributed by atoms with van der Waals surface area (Å²) in [6, 6.07) is 0.771. The molecule has 0 saturated heterocycles. The summed E-state index contributed by atoms with van der Waals surface area (Å²) in [5, 5.41) is 0. The molecular weight excluding hydrogens is 212 g/mol. The Hall–Kier alpha value is -1.16. The number of nitrogens with zero attached hydrogens (tertiary/aromatic N) is 3. The zero-order valence-electron chi connectivity index (χ0n) is 10.8. The number of hydrogen-bond acceptors (Lipinski definition) is 4. The van der Waals surface area contributed by atoms with Crippen molar-refractivity contribution in [2.75, 3.05) is 12.3 Å². The summed E-state index contributed by atoms with van der Waals surface area (Å²) in [6.45, 7) is 6.61. The van der Waals surface area contributed by atoms with Gasteiger partial charge in [0.1, 0.15) is 5.82 Å². The normalized spacial score (nSPS) is 15.8. The van der Waals surface area contributed by atoms with E-state index in [1.54, 1.807) is 12.4 Å². The summed E-state index contributed by atoms with van der Waals surface area (Å²) >= 11 is 0. The second kappa shape index (κ2) is 5.45. The standard InChI is InChI=1S/C13H22N4/c1-10(2)5-6-17(12-3-4-12)9-11-7-16-13(14)8-15-11/h7-8,10,12H,3-6,9H2,1-2H3,(H2,14,16). The monoisotopic (exact) mass is 234 g/mol. The van der Waals surface area contributed by atoms with Gasteiger partial charge >= 0.3 is 0 Å². The average Bonchev–Trinajstić information content (AvgIpc) is 3.10. The Morgan fingerprint density at radius 2 is 2.12 bits per heavy atom. The second-order valence-corrected chi connectivity index (χ2v) is 5.32. The fraction of sp³-hybridized carbons (Fsp3) is 0.692. The lowest BCUT2D eigenvalue weighted by atomic mass is 10.1. The van der Waals surface area contributed by atoms with Gasteiger partial charge in [0, 0.05) is 12.6 Å². The molecule has 17 heavy (non-hydrogen) atoms. The summed E-state index contributed by atoms with van der Waals surface area (Å²) in [5.41, 5.74) is 6.56. The van der Waals surface area contributed by atoms with E-state index in [-0.39, 0.29) is 0 Å². The van der Waals surface area contributed by atoms with Crippen LogP contribution in [0.3, 0.4) is 0 Å². The van der Waals surface area contributed by atoms with Crippen LogP contribution in [0, 0.1) is 5.92 Å². The van der Waals surface area contributed by atoms with Crippen LogP contribution in [-0.2, 0) is 6.54 Å². The van der Waals surface area contributed by atoms with E-state index in [9.17, 15) is 0 Å². The zero-order valence-corrected chi connectivity index (χ0v) is 10.8. The number of anilines is 1. The van der Waals surface area contributed by atoms with E-state index >= 15 is 0 Å². The molecule has 4 nitrogen and oxygen atoms in total. The van der Waals surface area contributed by atoms with E-state index in [0.29, 0.717) is 5.82 Å². The molecule has 0 bridgehead atoms. The van der Waals surface area contributed by atoms with Crippen LogP contribution >= 0.6 is 0 Å². The zero-order chi connectivity index (χ0) is 12.3. The van der Waals surface area contributed by atoms with Crippen LogP contribution in [0.15, 0.2) is 12.4 Å². The molecule has 2 rings (SSSR count). The van der Waals surface area contributed by atoms with Crippen molar-refractivity contribution in [3.8, 4) is 0 Å². The van der Waals surface area contributed by atoms with E-state index in [1.807, 2.05) is 0 Å². The van der Waals surface area contributed by atoms with Crippen molar-refractivity contribution < 1.29 is 0 Å². The Labute approximate surface area is 103 Å². The van der Waals surface area contributed by atoms with Crippen molar-refractivity contribution in [3.63, 3.8) is 0 Å². The first-order chi connectivity index (χ1) is 8.15. The first kappa shape index (κ1) is 12.3. The summed E-state index contributed by atoms with van der Waals surface area (Å²) in [6.07, 6.45) is 7.35. The van der Waals surface area contributed by atoms with Crippen LogP contribution < -0.4 is 5.73 Å². The second-order valence-electron chi connectivity index (χ2n) is 5.32. The van der Waals surface area contributed by atoms with Gasteiger partial charge in [-0.3, -0.25) is 9.88 Å². The molecule has 1 saturated carbocycles. The molecule has 0 radical (unpaired) electrons. The molecule has 2 N–H and O–H groups in total. The van der Waals surface area contributed by atoms with Gasteiger partial charge in [-0.2, -0.15) is 0 Å². The topological polar surface area (TPSA) is 55.0 Å². The molecule has 1 aromatic heterocycles. The predicted octanol–water partition coefficient (Wildman–Crippen LogP) is 2.07. The van der Waals surface area contributed by atoms with E-state index in [1.165, 1.54) is 19.3 Å². The lowest BCUT2D eigenvalue weighted by Gasteiger charge is -2.22. The van der Waals surface area contributed by atoms with Crippen molar-refractivity contribution in [1.82, 2.24) is 14.9 Å². The number of rotatable bonds is 6. The first-order valence-corrected chi connectivity index (χ1v) is 6.45. The van der Waals surface area contributed by atoms with Crippen LogP contribution in [-0.4, -0.2) is 27.5 Å². The van der Waals surface area contributed by atoms with Gasteiger partial charge in [-0.05, 0) is 31.7 Å². The molecule has 1 aromatic rings. The predicted molar refractivity (Wildman–Crippen MR) is 69.3 cm³/mol. The van der Waals surface area contributed by atoms with Gasteiger partial charge in [-0.15, -0.1) is 0 Å². The van der Waals surface area contributed by atoms with Crippen molar-refractivity contribution >= 4 is 5.82 Å². The number of nitrogens with two attached hydrogens (primary N) is 1. The molecule has 1 heterocycles. The van der Waals surface area contributed by atoms with Crippen LogP contribution in [0.4, 0.5) is 5.82 Å². The fourth-order valence-electron chi connectivity index (χ4n) is 1.91. The molecule has 0 aromatic carbocycles. The minimum Gasteiger partial charge on any atom is -0.382 e. The summed E-state index contributed by atoms with van der Waals surface area (Å²) < 4.78 is 0. The SMILES string of the molecule is CC(C)CCN(Cc1cnc(N)cn1)C1CC1. The van der Waals surface area contributed by atoms with Gasteiger partial charge in [-0.25, -0.2) is 4.98 Å². The van der Waals surface area contributed by atoms with E-state index in [4.69, 9.17) is 5.73 Å². The molecular formula is C13H22N4. The Balaban J connectivity index is 1.90. The Kier molecular flexibility index (Phi) is 3.94. The lowest BCUT2D eigenvalue weighted by Crippen LogP contribution is -2.28. The molecule has 1 fully saturated rings. The van der Waals surface area contributed by atoms with Gasteiger partial charge < -0.3 is 5.73 Å². The van der Waals surface area contributed by atoms with Crippen molar-refractivity contribution in [2.24, 2.45) is 5.92 Å². The summed E-state index contributed by atoms with van der Waals surface area (Å²) in [4.78, 5) is 10.9. The molecule has 4 heteroatoms. The third-order valence-electron chi connectivity index (χ3n) is 3.15. The van der Waals surface area contributed by atoms with Gasteiger partial charge in [0.05, 0.1) is 18.1 Å². The van der Waals surface area contributed by atoms with E-state index in [2.05, 4.69) is 28.7 Å². The van der Waals surface area contributed by atoms with Crippen LogP contribution in [0.1, 0.15) is 38.8 Å². The minimum atomic E-state index is 0.494. The highest BCUT2D eigenvalue weighted by Gasteiger charge is 2.28. The van der Waals surface area contributed by atoms with Gasteiger partial charge in [0.25, 0.3) is 0 Å². The van der Waals surface area contributed by atoms with Gasteiger partial charge in [-0.1, -0.05) is 13.8 Å².